The van der Waals surface area contributed by atoms with E-state index in [-0.39, 0.29) is 10.7 Å². The molecule has 1 aromatic rings. The van der Waals surface area contributed by atoms with Crippen molar-refractivity contribution >= 4 is 15.9 Å². The smallest absolute Gasteiger partial charge is 0.241 e. The first-order valence-corrected chi connectivity index (χ1v) is 7.90. The summed E-state index contributed by atoms with van der Waals surface area (Å²) in [6, 6.07) is 4.60. The van der Waals surface area contributed by atoms with E-state index in [1.807, 2.05) is 6.07 Å². The Bertz CT molecular complexity index is 596. The van der Waals surface area contributed by atoms with Crippen LogP contribution in [0.5, 0.6) is 0 Å². The Morgan fingerprint density at radius 3 is 2.74 bits per heavy atom. The van der Waals surface area contributed by atoms with Crippen LogP contribution in [0.1, 0.15) is 30.9 Å². The van der Waals surface area contributed by atoms with E-state index in [0.717, 1.165) is 24.8 Å². The third kappa shape index (κ3) is 2.96. The quantitative estimate of drug-likeness (QED) is 0.558. The summed E-state index contributed by atoms with van der Waals surface area (Å²) in [5.74, 6) is -0.160. The standard InChI is InChI=1S/C13H19N3O2S/c1-2-12(13(14)15)16-19(17,18)11-7-6-9-4-3-5-10(9)8-11/h6-8,12,16H,2-5H2,1H3,(H3,14,15). The van der Waals surface area contributed by atoms with Crippen LogP contribution in [0.4, 0.5) is 0 Å². The summed E-state index contributed by atoms with van der Waals surface area (Å²) >= 11 is 0. The van der Waals surface area contributed by atoms with Crippen molar-refractivity contribution in [3.8, 4) is 0 Å². The van der Waals surface area contributed by atoms with E-state index in [9.17, 15) is 8.42 Å². The van der Waals surface area contributed by atoms with Gasteiger partial charge in [0.1, 0.15) is 5.84 Å². The molecule has 0 radical (unpaired) electrons. The van der Waals surface area contributed by atoms with E-state index in [2.05, 4.69) is 4.72 Å². The van der Waals surface area contributed by atoms with Gasteiger partial charge in [0.05, 0.1) is 10.9 Å². The molecule has 0 saturated heterocycles. The number of hydrogen-bond donors (Lipinski definition) is 3. The Labute approximate surface area is 113 Å². The number of benzene rings is 1. The van der Waals surface area contributed by atoms with E-state index < -0.39 is 16.1 Å². The van der Waals surface area contributed by atoms with Crippen LogP contribution in [0.3, 0.4) is 0 Å². The third-order valence-electron chi connectivity index (χ3n) is 3.46. The molecule has 4 N–H and O–H groups in total. The maximum Gasteiger partial charge on any atom is 0.241 e. The van der Waals surface area contributed by atoms with E-state index in [4.69, 9.17) is 11.1 Å². The Hall–Kier alpha value is -1.40. The van der Waals surface area contributed by atoms with Crippen LogP contribution < -0.4 is 10.5 Å². The number of nitrogens with one attached hydrogen (secondary N) is 2. The molecule has 6 heteroatoms. The molecule has 0 fully saturated rings. The Kier molecular flexibility index (Phi) is 3.91. The van der Waals surface area contributed by atoms with Crippen LogP contribution >= 0.6 is 0 Å². The van der Waals surface area contributed by atoms with Gasteiger partial charge in [-0.25, -0.2) is 13.1 Å². The van der Waals surface area contributed by atoms with Crippen LogP contribution in [0.15, 0.2) is 23.1 Å². The topological polar surface area (TPSA) is 96.0 Å². The lowest BCUT2D eigenvalue weighted by Gasteiger charge is -2.16. The Balaban J connectivity index is 2.27. The molecule has 0 bridgehead atoms. The van der Waals surface area contributed by atoms with E-state index >= 15 is 0 Å². The van der Waals surface area contributed by atoms with Gasteiger partial charge in [0.25, 0.3) is 0 Å². The van der Waals surface area contributed by atoms with Gasteiger partial charge in [-0.15, -0.1) is 0 Å². The van der Waals surface area contributed by atoms with Crippen LogP contribution in [-0.2, 0) is 22.9 Å². The molecule has 19 heavy (non-hydrogen) atoms. The first-order valence-electron chi connectivity index (χ1n) is 6.42. The molecule has 1 aliphatic carbocycles. The summed E-state index contributed by atoms with van der Waals surface area (Å²) in [5, 5.41) is 7.37. The zero-order valence-electron chi connectivity index (χ0n) is 10.9. The molecule has 0 amide bonds. The van der Waals surface area contributed by atoms with Gasteiger partial charge in [0.2, 0.25) is 10.0 Å². The average Bonchev–Trinajstić information content (AvgIpc) is 2.82. The molecule has 1 atom stereocenters. The zero-order chi connectivity index (χ0) is 14.0. The van der Waals surface area contributed by atoms with Crippen molar-refractivity contribution in [2.45, 2.75) is 43.5 Å². The molecule has 0 saturated carbocycles. The normalized spacial score (nSPS) is 16.1. The van der Waals surface area contributed by atoms with Crippen molar-refractivity contribution in [2.75, 3.05) is 0 Å². The molecule has 1 aliphatic rings. The highest BCUT2D eigenvalue weighted by molar-refractivity contribution is 7.89. The van der Waals surface area contributed by atoms with Crippen LogP contribution in [0, 0.1) is 5.41 Å². The number of sulfonamides is 1. The van der Waals surface area contributed by atoms with Gasteiger partial charge in [-0.2, -0.15) is 0 Å². The number of nitrogens with two attached hydrogens (primary N) is 1. The summed E-state index contributed by atoms with van der Waals surface area (Å²) in [6.07, 6.45) is 3.49. The molecule has 0 heterocycles. The second-order valence-electron chi connectivity index (χ2n) is 4.82. The maximum atomic E-state index is 12.2. The average molecular weight is 281 g/mol. The van der Waals surface area contributed by atoms with Crippen molar-refractivity contribution in [3.63, 3.8) is 0 Å². The fourth-order valence-corrected chi connectivity index (χ4v) is 3.69. The molecule has 104 valence electrons. The predicted octanol–water partition coefficient (Wildman–Crippen LogP) is 1.17. The molecule has 1 aromatic carbocycles. The van der Waals surface area contributed by atoms with Gasteiger partial charge in [-0.05, 0) is 48.9 Å². The largest absolute Gasteiger partial charge is 0.386 e. The lowest BCUT2D eigenvalue weighted by Crippen LogP contribution is -2.43. The van der Waals surface area contributed by atoms with Gasteiger partial charge >= 0.3 is 0 Å². The van der Waals surface area contributed by atoms with Gasteiger partial charge in [-0.1, -0.05) is 13.0 Å². The highest BCUT2D eigenvalue weighted by Gasteiger charge is 2.22. The van der Waals surface area contributed by atoms with Crippen LogP contribution in [-0.4, -0.2) is 20.3 Å². The molecular formula is C13H19N3O2S. The Morgan fingerprint density at radius 1 is 1.42 bits per heavy atom. The van der Waals surface area contributed by atoms with Gasteiger partial charge in [0, 0.05) is 0 Å². The predicted molar refractivity (Wildman–Crippen MR) is 74.8 cm³/mol. The van der Waals surface area contributed by atoms with E-state index in [1.165, 1.54) is 5.56 Å². The fraction of sp³-hybridized carbons (Fsp3) is 0.462. The molecule has 0 spiro atoms. The molecule has 0 aliphatic heterocycles. The summed E-state index contributed by atoms with van der Waals surface area (Å²) in [6.45, 7) is 1.79. The minimum atomic E-state index is -3.61. The number of fused-ring (bicyclic) bond motifs is 1. The van der Waals surface area contributed by atoms with Crippen LogP contribution in [0.2, 0.25) is 0 Å². The number of aryl methyl sites for hydroxylation is 2. The van der Waals surface area contributed by atoms with Crippen molar-refractivity contribution < 1.29 is 8.42 Å². The molecule has 2 rings (SSSR count). The SMILES string of the molecule is CCC(NS(=O)(=O)c1ccc2c(c1)CCC2)C(=N)N. The van der Waals surface area contributed by atoms with Gasteiger partial charge in [0.15, 0.2) is 0 Å². The van der Waals surface area contributed by atoms with Crippen LogP contribution in [0.25, 0.3) is 0 Å². The third-order valence-corrected chi connectivity index (χ3v) is 4.93. The summed E-state index contributed by atoms with van der Waals surface area (Å²) in [7, 11) is -3.61. The zero-order valence-corrected chi connectivity index (χ0v) is 11.8. The molecule has 0 aromatic heterocycles. The van der Waals surface area contributed by atoms with Gasteiger partial charge < -0.3 is 5.73 Å². The second-order valence-corrected chi connectivity index (χ2v) is 6.54. The Morgan fingerprint density at radius 2 is 2.11 bits per heavy atom. The minimum absolute atomic E-state index is 0.160. The summed E-state index contributed by atoms with van der Waals surface area (Å²) in [5.41, 5.74) is 7.72. The number of rotatable bonds is 5. The van der Waals surface area contributed by atoms with E-state index in [0.29, 0.717) is 6.42 Å². The maximum absolute atomic E-state index is 12.2. The van der Waals surface area contributed by atoms with E-state index in [1.54, 1.807) is 19.1 Å². The number of amidine groups is 1. The van der Waals surface area contributed by atoms with Crippen molar-refractivity contribution in [2.24, 2.45) is 5.73 Å². The molecular weight excluding hydrogens is 262 g/mol. The lowest BCUT2D eigenvalue weighted by atomic mass is 10.1. The lowest BCUT2D eigenvalue weighted by molar-refractivity contribution is 0.571. The second kappa shape index (κ2) is 5.30. The van der Waals surface area contributed by atoms with Crippen molar-refractivity contribution in [1.29, 1.82) is 5.41 Å². The van der Waals surface area contributed by atoms with Crippen molar-refractivity contribution in [1.82, 2.24) is 4.72 Å². The summed E-state index contributed by atoms with van der Waals surface area (Å²) in [4.78, 5) is 0.257. The minimum Gasteiger partial charge on any atom is -0.386 e. The monoisotopic (exact) mass is 281 g/mol. The highest BCUT2D eigenvalue weighted by Crippen LogP contribution is 2.24. The first kappa shape index (κ1) is 14.0. The highest BCUT2D eigenvalue weighted by atomic mass is 32.2. The fourth-order valence-electron chi connectivity index (χ4n) is 2.34. The first-order chi connectivity index (χ1) is 8.94. The molecule has 5 nitrogen and oxygen atoms in total. The number of hydrogen-bond acceptors (Lipinski definition) is 3. The van der Waals surface area contributed by atoms with Crippen molar-refractivity contribution in [3.05, 3.63) is 29.3 Å². The van der Waals surface area contributed by atoms with Gasteiger partial charge in [-0.3, -0.25) is 5.41 Å². The summed E-state index contributed by atoms with van der Waals surface area (Å²) < 4.78 is 27.0. The molecule has 1 unspecified atom stereocenters.